The van der Waals surface area contributed by atoms with Gasteiger partial charge in [0.1, 0.15) is 5.82 Å². The molecule has 0 amide bonds. The molecule has 0 fully saturated rings. The SMILES string of the molecule is Cc1cc(-c2cc(C(=O)O)nn2-c2ccccc2)ccc1F. The van der Waals surface area contributed by atoms with Crippen LogP contribution >= 0.6 is 0 Å². The molecule has 1 aromatic heterocycles. The first-order chi connectivity index (χ1) is 10.6. The largest absolute Gasteiger partial charge is 0.476 e. The molecule has 5 heteroatoms. The zero-order valence-corrected chi connectivity index (χ0v) is 11.8. The van der Waals surface area contributed by atoms with E-state index in [2.05, 4.69) is 5.10 Å². The van der Waals surface area contributed by atoms with Crippen molar-refractivity contribution in [1.82, 2.24) is 9.78 Å². The van der Waals surface area contributed by atoms with Crippen LogP contribution in [0.4, 0.5) is 4.39 Å². The third-order valence-electron chi connectivity index (χ3n) is 3.38. The molecule has 2 aromatic carbocycles. The maximum Gasteiger partial charge on any atom is 0.356 e. The van der Waals surface area contributed by atoms with Crippen molar-refractivity contribution in [1.29, 1.82) is 0 Å². The van der Waals surface area contributed by atoms with Crippen molar-refractivity contribution >= 4 is 5.97 Å². The van der Waals surface area contributed by atoms with Gasteiger partial charge in [-0.3, -0.25) is 0 Å². The lowest BCUT2D eigenvalue weighted by Crippen LogP contribution is -2.02. The van der Waals surface area contributed by atoms with Crippen LogP contribution in [-0.4, -0.2) is 20.9 Å². The fraction of sp³-hybridized carbons (Fsp3) is 0.0588. The predicted octanol–water partition coefficient (Wildman–Crippen LogP) is 3.69. The Balaban J connectivity index is 2.21. The molecular weight excluding hydrogens is 283 g/mol. The topological polar surface area (TPSA) is 55.1 Å². The highest BCUT2D eigenvalue weighted by molar-refractivity contribution is 5.87. The molecular formula is C17H13FN2O2. The Morgan fingerprint density at radius 3 is 2.50 bits per heavy atom. The second-order valence-electron chi connectivity index (χ2n) is 4.93. The van der Waals surface area contributed by atoms with E-state index in [1.807, 2.05) is 30.3 Å². The Bertz CT molecular complexity index is 841. The summed E-state index contributed by atoms with van der Waals surface area (Å²) in [6.45, 7) is 1.67. The Hall–Kier alpha value is -2.95. The van der Waals surface area contributed by atoms with E-state index in [4.69, 9.17) is 0 Å². The van der Waals surface area contributed by atoms with Gasteiger partial charge in [-0.1, -0.05) is 18.2 Å². The summed E-state index contributed by atoms with van der Waals surface area (Å²) >= 11 is 0. The number of rotatable bonds is 3. The minimum absolute atomic E-state index is 0.0548. The van der Waals surface area contributed by atoms with Gasteiger partial charge in [-0.25, -0.2) is 13.9 Å². The quantitative estimate of drug-likeness (QED) is 0.802. The van der Waals surface area contributed by atoms with Gasteiger partial charge >= 0.3 is 5.97 Å². The zero-order valence-electron chi connectivity index (χ0n) is 11.8. The number of nitrogens with zero attached hydrogens (tertiary/aromatic N) is 2. The molecule has 0 saturated heterocycles. The number of aryl methyl sites for hydroxylation is 1. The van der Waals surface area contributed by atoms with Crippen molar-refractivity contribution in [3.63, 3.8) is 0 Å². The molecule has 3 rings (SSSR count). The summed E-state index contributed by atoms with van der Waals surface area (Å²) < 4.78 is 15.0. The van der Waals surface area contributed by atoms with E-state index in [-0.39, 0.29) is 11.5 Å². The van der Waals surface area contributed by atoms with Crippen LogP contribution in [0.3, 0.4) is 0 Å². The lowest BCUT2D eigenvalue weighted by atomic mass is 10.1. The van der Waals surface area contributed by atoms with Gasteiger partial charge in [0.15, 0.2) is 5.69 Å². The number of carboxylic acids is 1. The lowest BCUT2D eigenvalue weighted by Gasteiger charge is -2.08. The number of halogens is 1. The Morgan fingerprint density at radius 1 is 1.14 bits per heavy atom. The van der Waals surface area contributed by atoms with E-state index in [1.54, 1.807) is 23.7 Å². The minimum Gasteiger partial charge on any atom is -0.476 e. The fourth-order valence-electron chi connectivity index (χ4n) is 2.26. The second-order valence-corrected chi connectivity index (χ2v) is 4.93. The van der Waals surface area contributed by atoms with E-state index >= 15 is 0 Å². The first-order valence-electron chi connectivity index (χ1n) is 6.71. The number of hydrogen-bond acceptors (Lipinski definition) is 2. The van der Waals surface area contributed by atoms with Crippen molar-refractivity contribution < 1.29 is 14.3 Å². The summed E-state index contributed by atoms with van der Waals surface area (Å²) in [7, 11) is 0. The monoisotopic (exact) mass is 296 g/mol. The highest BCUT2D eigenvalue weighted by Crippen LogP contribution is 2.25. The summed E-state index contributed by atoms with van der Waals surface area (Å²) in [4.78, 5) is 11.2. The van der Waals surface area contributed by atoms with E-state index < -0.39 is 5.97 Å². The summed E-state index contributed by atoms with van der Waals surface area (Å²) in [5.41, 5.74) is 2.50. The smallest absolute Gasteiger partial charge is 0.356 e. The molecule has 3 aromatic rings. The molecule has 0 spiro atoms. The third-order valence-corrected chi connectivity index (χ3v) is 3.38. The third kappa shape index (κ3) is 2.48. The lowest BCUT2D eigenvalue weighted by molar-refractivity contribution is 0.0690. The van der Waals surface area contributed by atoms with Crippen LogP contribution < -0.4 is 0 Å². The summed E-state index contributed by atoms with van der Waals surface area (Å²) in [5, 5.41) is 13.3. The summed E-state index contributed by atoms with van der Waals surface area (Å²) in [5.74, 6) is -1.40. The molecule has 22 heavy (non-hydrogen) atoms. The van der Waals surface area contributed by atoms with Gasteiger partial charge < -0.3 is 5.11 Å². The summed E-state index contributed by atoms with van der Waals surface area (Å²) in [6.07, 6.45) is 0. The molecule has 1 heterocycles. The Morgan fingerprint density at radius 2 is 1.86 bits per heavy atom. The molecule has 1 N–H and O–H groups in total. The van der Waals surface area contributed by atoms with Crippen molar-refractivity contribution in [3.8, 4) is 16.9 Å². The van der Waals surface area contributed by atoms with Crippen molar-refractivity contribution in [2.45, 2.75) is 6.92 Å². The molecule has 0 unspecified atom stereocenters. The Labute approximate surface area is 126 Å². The van der Waals surface area contributed by atoms with Crippen molar-refractivity contribution in [2.24, 2.45) is 0 Å². The average Bonchev–Trinajstić information content (AvgIpc) is 2.96. The number of benzene rings is 2. The molecule has 0 saturated carbocycles. The van der Waals surface area contributed by atoms with Gasteiger partial charge in [0.05, 0.1) is 11.4 Å². The van der Waals surface area contributed by atoms with Crippen molar-refractivity contribution in [3.05, 3.63) is 71.7 Å². The van der Waals surface area contributed by atoms with Crippen molar-refractivity contribution in [2.75, 3.05) is 0 Å². The number of hydrogen-bond donors (Lipinski definition) is 1. The number of carboxylic acid groups (broad SMARTS) is 1. The number of aromatic carboxylic acids is 1. The maximum atomic E-state index is 13.5. The first-order valence-corrected chi connectivity index (χ1v) is 6.71. The number of carbonyl (C=O) groups is 1. The van der Waals surface area contributed by atoms with Crippen LogP contribution in [0.15, 0.2) is 54.6 Å². The molecule has 0 aliphatic rings. The molecule has 4 nitrogen and oxygen atoms in total. The van der Waals surface area contributed by atoms with Crippen LogP contribution in [-0.2, 0) is 0 Å². The highest BCUT2D eigenvalue weighted by Gasteiger charge is 2.16. The van der Waals surface area contributed by atoms with Crippen LogP contribution in [0.2, 0.25) is 0 Å². The molecule has 110 valence electrons. The first kappa shape index (κ1) is 14.0. The van der Waals surface area contributed by atoms with Crippen LogP contribution in [0.1, 0.15) is 16.1 Å². The van der Waals surface area contributed by atoms with Gasteiger partial charge in [0.2, 0.25) is 0 Å². The van der Waals surface area contributed by atoms with Gasteiger partial charge in [-0.2, -0.15) is 5.10 Å². The Kier molecular flexibility index (Phi) is 3.47. The van der Waals surface area contributed by atoms with E-state index in [0.717, 1.165) is 5.69 Å². The minimum atomic E-state index is -1.10. The van der Waals surface area contributed by atoms with Gasteiger partial charge in [-0.15, -0.1) is 0 Å². The number of aromatic nitrogens is 2. The second kappa shape index (κ2) is 5.44. The zero-order chi connectivity index (χ0) is 15.7. The molecule has 0 aliphatic heterocycles. The highest BCUT2D eigenvalue weighted by atomic mass is 19.1. The van der Waals surface area contributed by atoms with Crippen LogP contribution in [0.25, 0.3) is 16.9 Å². The van der Waals surface area contributed by atoms with Crippen LogP contribution in [0.5, 0.6) is 0 Å². The predicted molar refractivity (Wildman–Crippen MR) is 80.7 cm³/mol. The van der Waals surface area contributed by atoms with E-state index in [1.165, 1.54) is 12.1 Å². The fourth-order valence-corrected chi connectivity index (χ4v) is 2.26. The van der Waals surface area contributed by atoms with Gasteiger partial charge in [0, 0.05) is 5.56 Å². The van der Waals surface area contributed by atoms with Gasteiger partial charge in [0.25, 0.3) is 0 Å². The van der Waals surface area contributed by atoms with E-state index in [9.17, 15) is 14.3 Å². The van der Waals surface area contributed by atoms with Crippen LogP contribution in [0, 0.1) is 12.7 Å². The molecule has 0 radical (unpaired) electrons. The molecule has 0 atom stereocenters. The normalized spacial score (nSPS) is 10.6. The average molecular weight is 296 g/mol. The number of para-hydroxylation sites is 1. The standard InChI is InChI=1S/C17H13FN2O2/c1-11-9-12(7-8-14(11)18)16-10-15(17(21)22)19-20(16)13-5-3-2-4-6-13/h2-10H,1H3,(H,21,22). The molecule has 0 bridgehead atoms. The van der Waals surface area contributed by atoms with E-state index in [0.29, 0.717) is 16.8 Å². The van der Waals surface area contributed by atoms with Gasteiger partial charge in [-0.05, 0) is 48.9 Å². The molecule has 0 aliphatic carbocycles. The summed E-state index contributed by atoms with van der Waals surface area (Å²) in [6, 6.07) is 15.4. The maximum absolute atomic E-state index is 13.5.